The molecule has 0 aliphatic heterocycles. The van der Waals surface area contributed by atoms with E-state index < -0.39 is 0 Å². The van der Waals surface area contributed by atoms with E-state index in [9.17, 15) is 4.79 Å². The van der Waals surface area contributed by atoms with Crippen LogP contribution >= 0.6 is 11.3 Å². The van der Waals surface area contributed by atoms with Crippen molar-refractivity contribution in [2.75, 3.05) is 6.54 Å². The van der Waals surface area contributed by atoms with Crippen LogP contribution in [0, 0.1) is 6.92 Å². The summed E-state index contributed by atoms with van der Waals surface area (Å²) >= 11 is 1.55. The Morgan fingerprint density at radius 3 is 2.95 bits per heavy atom. The fraction of sp³-hybridized carbons (Fsp3) is 0.214. The van der Waals surface area contributed by atoms with Crippen molar-refractivity contribution in [1.82, 2.24) is 19.9 Å². The van der Waals surface area contributed by atoms with Crippen LogP contribution in [0.5, 0.6) is 0 Å². The summed E-state index contributed by atoms with van der Waals surface area (Å²) in [5, 5.41) is 12.8. The molecule has 3 aromatic rings. The predicted molar refractivity (Wildman–Crippen MR) is 78.1 cm³/mol. The van der Waals surface area contributed by atoms with Crippen molar-refractivity contribution in [2.24, 2.45) is 0 Å². The van der Waals surface area contributed by atoms with Gasteiger partial charge >= 0.3 is 0 Å². The fourth-order valence-corrected chi connectivity index (χ4v) is 2.81. The zero-order chi connectivity index (χ0) is 13.9. The summed E-state index contributed by atoms with van der Waals surface area (Å²) in [7, 11) is 0. The van der Waals surface area contributed by atoms with Crippen LogP contribution in [0.2, 0.25) is 0 Å². The number of rotatable bonds is 4. The molecule has 1 N–H and O–H groups in total. The highest BCUT2D eigenvalue weighted by molar-refractivity contribution is 7.15. The number of fused-ring (bicyclic) bond motifs is 1. The summed E-state index contributed by atoms with van der Waals surface area (Å²) in [5.74, 6) is -0.0415. The first kappa shape index (κ1) is 12.8. The molecule has 0 aliphatic carbocycles. The Labute approximate surface area is 120 Å². The number of nitrogens with zero attached hydrogens (tertiary/aromatic N) is 3. The molecule has 3 rings (SSSR count). The van der Waals surface area contributed by atoms with Crippen molar-refractivity contribution in [3.05, 3.63) is 52.8 Å². The van der Waals surface area contributed by atoms with Gasteiger partial charge in [0.2, 0.25) is 4.96 Å². The van der Waals surface area contributed by atoms with Crippen molar-refractivity contribution in [3.63, 3.8) is 0 Å². The summed E-state index contributed by atoms with van der Waals surface area (Å²) in [6, 6.07) is 7.56. The average Bonchev–Trinajstić information content (AvgIpc) is 3.04. The number of hydrogen-bond acceptors (Lipinski definition) is 4. The smallest absolute Gasteiger partial charge is 0.251 e. The minimum absolute atomic E-state index is 0.0415. The van der Waals surface area contributed by atoms with Gasteiger partial charge in [0.15, 0.2) is 0 Å². The number of hydrogen-bond donors (Lipinski definition) is 1. The topological polar surface area (TPSA) is 59.3 Å². The van der Waals surface area contributed by atoms with Gasteiger partial charge < -0.3 is 5.32 Å². The Balaban J connectivity index is 1.59. The van der Waals surface area contributed by atoms with E-state index in [-0.39, 0.29) is 5.91 Å². The van der Waals surface area contributed by atoms with Gasteiger partial charge in [0.25, 0.3) is 5.91 Å². The molecule has 0 unspecified atom stereocenters. The summed E-state index contributed by atoms with van der Waals surface area (Å²) in [6.45, 7) is 2.60. The summed E-state index contributed by atoms with van der Waals surface area (Å²) in [4.78, 5) is 12.8. The van der Waals surface area contributed by atoms with Crippen LogP contribution < -0.4 is 5.32 Å². The molecule has 0 radical (unpaired) electrons. The lowest BCUT2D eigenvalue weighted by molar-refractivity contribution is 0.0954. The van der Waals surface area contributed by atoms with Crippen LogP contribution in [0.3, 0.4) is 0 Å². The van der Waals surface area contributed by atoms with Gasteiger partial charge in [-0.2, -0.15) is 0 Å². The highest BCUT2D eigenvalue weighted by atomic mass is 32.1. The van der Waals surface area contributed by atoms with Crippen molar-refractivity contribution in [1.29, 1.82) is 0 Å². The van der Waals surface area contributed by atoms with Gasteiger partial charge in [0, 0.05) is 29.6 Å². The van der Waals surface area contributed by atoms with Crippen molar-refractivity contribution in [3.8, 4) is 0 Å². The summed E-state index contributed by atoms with van der Waals surface area (Å²) in [6.07, 6.45) is 2.46. The standard InChI is InChI=1S/C14H14N4OS/c1-10-2-4-11(5-3-10)13(19)15-7-6-12-8-20-14-17-16-9-18(12)14/h2-5,8-9H,6-7H2,1H3,(H,15,19). The number of aromatic nitrogens is 3. The minimum Gasteiger partial charge on any atom is -0.352 e. The monoisotopic (exact) mass is 286 g/mol. The van der Waals surface area contributed by atoms with E-state index in [0.29, 0.717) is 12.1 Å². The molecule has 0 bridgehead atoms. The molecule has 20 heavy (non-hydrogen) atoms. The molecule has 1 aromatic carbocycles. The highest BCUT2D eigenvalue weighted by Crippen LogP contribution is 2.13. The fourth-order valence-electron chi connectivity index (χ4n) is 1.97. The molecule has 1 amide bonds. The maximum Gasteiger partial charge on any atom is 0.251 e. The van der Waals surface area contributed by atoms with Crippen LogP contribution in [0.4, 0.5) is 0 Å². The molecule has 5 nitrogen and oxygen atoms in total. The van der Waals surface area contributed by atoms with Gasteiger partial charge in [-0.3, -0.25) is 9.20 Å². The van der Waals surface area contributed by atoms with E-state index in [1.54, 1.807) is 17.7 Å². The molecule has 6 heteroatoms. The number of amides is 1. The first-order valence-electron chi connectivity index (χ1n) is 6.35. The summed E-state index contributed by atoms with van der Waals surface area (Å²) in [5.41, 5.74) is 2.95. The molecule has 0 saturated heterocycles. The van der Waals surface area contributed by atoms with E-state index in [2.05, 4.69) is 15.5 Å². The average molecular weight is 286 g/mol. The van der Waals surface area contributed by atoms with Crippen molar-refractivity contribution < 1.29 is 4.79 Å². The van der Waals surface area contributed by atoms with E-state index in [1.165, 1.54) is 0 Å². The zero-order valence-corrected chi connectivity index (χ0v) is 11.9. The molecule has 0 spiro atoms. The predicted octanol–water partition coefficient (Wildman–Crippen LogP) is 2.07. The second-order valence-corrected chi connectivity index (χ2v) is 5.42. The van der Waals surface area contributed by atoms with E-state index in [1.807, 2.05) is 41.0 Å². The largest absolute Gasteiger partial charge is 0.352 e. The minimum atomic E-state index is -0.0415. The van der Waals surface area contributed by atoms with Gasteiger partial charge in [-0.1, -0.05) is 17.7 Å². The molecular formula is C14H14N4OS. The molecule has 2 aromatic heterocycles. The van der Waals surface area contributed by atoms with Crippen LogP contribution in [0.1, 0.15) is 21.6 Å². The normalized spacial score (nSPS) is 10.8. The SMILES string of the molecule is Cc1ccc(C(=O)NCCc2csc3nncn23)cc1. The van der Waals surface area contributed by atoms with Gasteiger partial charge in [-0.25, -0.2) is 0 Å². The molecule has 0 aliphatic rings. The van der Waals surface area contributed by atoms with Gasteiger partial charge in [0.1, 0.15) is 6.33 Å². The van der Waals surface area contributed by atoms with Crippen molar-refractivity contribution >= 4 is 22.2 Å². The van der Waals surface area contributed by atoms with Gasteiger partial charge in [-0.15, -0.1) is 21.5 Å². The number of benzene rings is 1. The van der Waals surface area contributed by atoms with E-state index in [4.69, 9.17) is 0 Å². The van der Waals surface area contributed by atoms with Crippen LogP contribution in [-0.4, -0.2) is 27.0 Å². The number of carbonyl (C=O) groups excluding carboxylic acids is 1. The molecule has 0 fully saturated rings. The molecule has 0 saturated carbocycles. The molecule has 102 valence electrons. The lowest BCUT2D eigenvalue weighted by Gasteiger charge is -2.05. The highest BCUT2D eigenvalue weighted by Gasteiger charge is 2.07. The van der Waals surface area contributed by atoms with E-state index >= 15 is 0 Å². The molecule has 2 heterocycles. The Hall–Kier alpha value is -2.21. The van der Waals surface area contributed by atoms with Gasteiger partial charge in [-0.05, 0) is 19.1 Å². The first-order valence-corrected chi connectivity index (χ1v) is 7.23. The van der Waals surface area contributed by atoms with Crippen LogP contribution in [0.15, 0.2) is 36.0 Å². The third-order valence-corrected chi connectivity index (χ3v) is 3.99. The Bertz CT molecular complexity index is 729. The maximum absolute atomic E-state index is 12.0. The first-order chi connectivity index (χ1) is 9.74. The lowest BCUT2D eigenvalue weighted by atomic mass is 10.1. The Kier molecular flexibility index (Phi) is 3.47. The third kappa shape index (κ3) is 2.55. The summed E-state index contributed by atoms with van der Waals surface area (Å²) < 4.78 is 1.95. The second-order valence-electron chi connectivity index (χ2n) is 4.58. The third-order valence-electron chi connectivity index (χ3n) is 3.11. The number of nitrogens with one attached hydrogen (secondary N) is 1. The number of thiazole rings is 1. The van der Waals surface area contributed by atoms with E-state index in [0.717, 1.165) is 22.6 Å². The Morgan fingerprint density at radius 1 is 1.35 bits per heavy atom. The zero-order valence-electron chi connectivity index (χ0n) is 11.0. The molecular weight excluding hydrogens is 272 g/mol. The second kappa shape index (κ2) is 5.42. The van der Waals surface area contributed by atoms with Gasteiger partial charge in [0.05, 0.1) is 0 Å². The number of carbonyl (C=O) groups is 1. The number of aryl methyl sites for hydroxylation is 1. The lowest BCUT2D eigenvalue weighted by Crippen LogP contribution is -2.25. The van der Waals surface area contributed by atoms with Crippen LogP contribution in [0.25, 0.3) is 4.96 Å². The quantitative estimate of drug-likeness (QED) is 0.798. The Morgan fingerprint density at radius 2 is 2.15 bits per heavy atom. The maximum atomic E-state index is 12.0. The molecule has 0 atom stereocenters. The van der Waals surface area contributed by atoms with Crippen molar-refractivity contribution in [2.45, 2.75) is 13.3 Å². The van der Waals surface area contributed by atoms with Crippen LogP contribution in [-0.2, 0) is 6.42 Å².